The lowest BCUT2D eigenvalue weighted by atomic mass is 9.92. The molecule has 0 radical (unpaired) electrons. The highest BCUT2D eigenvalue weighted by atomic mass is 16.1. The number of hydrogen-bond donors (Lipinski definition) is 1. The standard InChI is InChI=1S/C12H21NO/c1-2-3-4-12(14)6-5-11-7-9-13-10-8-11/h2,11,13H,1,3-10H2. The molecule has 0 aromatic rings. The van der Waals surface area contributed by atoms with E-state index in [0.717, 1.165) is 38.3 Å². The zero-order chi connectivity index (χ0) is 10.2. The molecule has 0 saturated carbocycles. The number of piperidine rings is 1. The molecule has 0 aliphatic carbocycles. The highest BCUT2D eigenvalue weighted by Gasteiger charge is 2.13. The summed E-state index contributed by atoms with van der Waals surface area (Å²) in [6, 6.07) is 0. The van der Waals surface area contributed by atoms with Crippen LogP contribution in [0.4, 0.5) is 0 Å². The molecule has 1 fully saturated rings. The van der Waals surface area contributed by atoms with E-state index in [0.29, 0.717) is 12.2 Å². The molecule has 14 heavy (non-hydrogen) atoms. The number of nitrogens with one attached hydrogen (secondary N) is 1. The third-order valence-corrected chi connectivity index (χ3v) is 2.92. The molecule has 2 heteroatoms. The lowest BCUT2D eigenvalue weighted by Crippen LogP contribution is -2.27. The number of carbonyl (C=O) groups is 1. The Kier molecular flexibility index (Phi) is 5.53. The van der Waals surface area contributed by atoms with Crippen LogP contribution in [0.1, 0.15) is 38.5 Å². The number of hydrogen-bond acceptors (Lipinski definition) is 2. The van der Waals surface area contributed by atoms with Crippen molar-refractivity contribution < 1.29 is 4.79 Å². The number of ketones is 1. The zero-order valence-electron chi connectivity index (χ0n) is 8.93. The fraction of sp³-hybridized carbons (Fsp3) is 0.750. The van der Waals surface area contributed by atoms with E-state index in [-0.39, 0.29) is 0 Å². The second-order valence-corrected chi connectivity index (χ2v) is 4.10. The van der Waals surface area contributed by atoms with Gasteiger partial charge in [0.15, 0.2) is 0 Å². The molecule has 0 unspecified atom stereocenters. The van der Waals surface area contributed by atoms with Crippen molar-refractivity contribution in [2.45, 2.75) is 38.5 Å². The van der Waals surface area contributed by atoms with Gasteiger partial charge in [-0.15, -0.1) is 6.58 Å². The highest BCUT2D eigenvalue weighted by Crippen LogP contribution is 2.18. The maximum Gasteiger partial charge on any atom is 0.133 e. The van der Waals surface area contributed by atoms with Gasteiger partial charge in [0.1, 0.15) is 5.78 Å². The Labute approximate surface area is 86.8 Å². The van der Waals surface area contributed by atoms with Gasteiger partial charge >= 0.3 is 0 Å². The Bertz CT molecular complexity index is 183. The second kappa shape index (κ2) is 6.77. The van der Waals surface area contributed by atoms with Crippen molar-refractivity contribution >= 4 is 5.78 Å². The zero-order valence-corrected chi connectivity index (χ0v) is 8.93. The first-order chi connectivity index (χ1) is 6.83. The van der Waals surface area contributed by atoms with Gasteiger partial charge < -0.3 is 5.32 Å². The Morgan fingerprint density at radius 3 is 2.71 bits per heavy atom. The lowest BCUT2D eigenvalue weighted by Gasteiger charge is -2.21. The minimum Gasteiger partial charge on any atom is -0.317 e. The summed E-state index contributed by atoms with van der Waals surface area (Å²) in [4.78, 5) is 11.4. The molecule has 0 spiro atoms. The Morgan fingerprint density at radius 1 is 1.36 bits per heavy atom. The molecule has 1 N–H and O–H groups in total. The smallest absolute Gasteiger partial charge is 0.133 e. The van der Waals surface area contributed by atoms with Crippen LogP contribution in [0.3, 0.4) is 0 Å². The lowest BCUT2D eigenvalue weighted by molar-refractivity contribution is -0.119. The number of Topliss-reactive ketones (excluding diaryl/α,β-unsaturated/α-hetero) is 1. The first-order valence-corrected chi connectivity index (χ1v) is 5.66. The van der Waals surface area contributed by atoms with Crippen LogP contribution in [-0.4, -0.2) is 18.9 Å². The Morgan fingerprint density at radius 2 is 2.07 bits per heavy atom. The summed E-state index contributed by atoms with van der Waals surface area (Å²) in [7, 11) is 0. The van der Waals surface area contributed by atoms with Crippen molar-refractivity contribution in [2.24, 2.45) is 5.92 Å². The van der Waals surface area contributed by atoms with Crippen LogP contribution < -0.4 is 5.32 Å². The number of carbonyl (C=O) groups excluding carboxylic acids is 1. The highest BCUT2D eigenvalue weighted by molar-refractivity contribution is 5.78. The molecular formula is C12H21NO. The van der Waals surface area contributed by atoms with Gasteiger partial charge in [0.2, 0.25) is 0 Å². The normalized spacial score (nSPS) is 18.0. The topological polar surface area (TPSA) is 29.1 Å². The Hall–Kier alpha value is -0.630. The summed E-state index contributed by atoms with van der Waals surface area (Å²) in [5.41, 5.74) is 0. The average molecular weight is 195 g/mol. The molecule has 1 saturated heterocycles. The van der Waals surface area contributed by atoms with E-state index in [1.807, 2.05) is 6.08 Å². The molecule has 0 aromatic heterocycles. The van der Waals surface area contributed by atoms with Crippen LogP contribution in [0, 0.1) is 5.92 Å². The molecule has 1 aliphatic rings. The predicted octanol–water partition coefficient (Wildman–Crippen LogP) is 2.30. The Balaban J connectivity index is 2.06. The quantitative estimate of drug-likeness (QED) is 0.659. The first kappa shape index (κ1) is 11.4. The van der Waals surface area contributed by atoms with Crippen LogP contribution in [0.5, 0.6) is 0 Å². The van der Waals surface area contributed by atoms with Gasteiger partial charge in [-0.3, -0.25) is 4.79 Å². The van der Waals surface area contributed by atoms with E-state index in [4.69, 9.17) is 0 Å². The van der Waals surface area contributed by atoms with Crippen LogP contribution in [0.15, 0.2) is 12.7 Å². The number of rotatable bonds is 6. The summed E-state index contributed by atoms with van der Waals surface area (Å²) < 4.78 is 0. The van der Waals surface area contributed by atoms with Crippen molar-refractivity contribution in [1.29, 1.82) is 0 Å². The van der Waals surface area contributed by atoms with Crippen LogP contribution >= 0.6 is 0 Å². The van der Waals surface area contributed by atoms with E-state index in [2.05, 4.69) is 11.9 Å². The van der Waals surface area contributed by atoms with Gasteiger partial charge in [0, 0.05) is 12.8 Å². The van der Waals surface area contributed by atoms with E-state index in [1.165, 1.54) is 12.8 Å². The maximum absolute atomic E-state index is 11.4. The minimum absolute atomic E-state index is 0.406. The third kappa shape index (κ3) is 4.56. The molecule has 80 valence electrons. The maximum atomic E-state index is 11.4. The monoisotopic (exact) mass is 195 g/mol. The van der Waals surface area contributed by atoms with Crippen molar-refractivity contribution in [3.8, 4) is 0 Å². The van der Waals surface area contributed by atoms with Gasteiger partial charge in [-0.25, -0.2) is 0 Å². The summed E-state index contributed by atoms with van der Waals surface area (Å²) in [5, 5.41) is 3.34. The second-order valence-electron chi connectivity index (χ2n) is 4.10. The van der Waals surface area contributed by atoms with E-state index >= 15 is 0 Å². The molecule has 1 heterocycles. The van der Waals surface area contributed by atoms with Gasteiger partial charge in [-0.05, 0) is 44.7 Å². The fourth-order valence-corrected chi connectivity index (χ4v) is 1.92. The average Bonchev–Trinajstić information content (AvgIpc) is 2.25. The van der Waals surface area contributed by atoms with Gasteiger partial charge in [0.05, 0.1) is 0 Å². The molecule has 1 aliphatic heterocycles. The SMILES string of the molecule is C=CCCC(=O)CCC1CCNCC1. The van der Waals surface area contributed by atoms with E-state index < -0.39 is 0 Å². The van der Waals surface area contributed by atoms with Crippen molar-refractivity contribution in [3.63, 3.8) is 0 Å². The van der Waals surface area contributed by atoms with Crippen LogP contribution in [0.25, 0.3) is 0 Å². The fourth-order valence-electron chi connectivity index (χ4n) is 1.92. The predicted molar refractivity (Wildman–Crippen MR) is 59.3 cm³/mol. The van der Waals surface area contributed by atoms with Gasteiger partial charge in [0.25, 0.3) is 0 Å². The summed E-state index contributed by atoms with van der Waals surface area (Å²) in [6.45, 7) is 5.88. The molecule has 0 atom stereocenters. The van der Waals surface area contributed by atoms with Crippen LogP contribution in [0.2, 0.25) is 0 Å². The third-order valence-electron chi connectivity index (χ3n) is 2.92. The molecule has 1 rings (SSSR count). The molecule has 0 amide bonds. The summed E-state index contributed by atoms with van der Waals surface area (Å²) in [5.74, 6) is 1.19. The first-order valence-electron chi connectivity index (χ1n) is 5.66. The molecular weight excluding hydrogens is 174 g/mol. The molecule has 0 bridgehead atoms. The van der Waals surface area contributed by atoms with Crippen molar-refractivity contribution in [3.05, 3.63) is 12.7 Å². The minimum atomic E-state index is 0.406. The number of allylic oxidation sites excluding steroid dienone is 1. The summed E-state index contributed by atoms with van der Waals surface area (Å²) >= 11 is 0. The summed E-state index contributed by atoms with van der Waals surface area (Å²) in [6.07, 6.45) is 7.71. The van der Waals surface area contributed by atoms with E-state index in [1.54, 1.807) is 0 Å². The van der Waals surface area contributed by atoms with Crippen molar-refractivity contribution in [1.82, 2.24) is 5.32 Å². The van der Waals surface area contributed by atoms with Crippen LogP contribution in [-0.2, 0) is 4.79 Å². The van der Waals surface area contributed by atoms with Crippen molar-refractivity contribution in [2.75, 3.05) is 13.1 Å². The van der Waals surface area contributed by atoms with Gasteiger partial charge in [-0.1, -0.05) is 6.08 Å². The molecule has 2 nitrogen and oxygen atoms in total. The largest absolute Gasteiger partial charge is 0.317 e. The van der Waals surface area contributed by atoms with Gasteiger partial charge in [-0.2, -0.15) is 0 Å². The van der Waals surface area contributed by atoms with E-state index in [9.17, 15) is 4.79 Å². The molecule has 0 aromatic carbocycles.